The number of benzene rings is 3. The quantitative estimate of drug-likeness (QED) is 0.159. The predicted molar refractivity (Wildman–Crippen MR) is 147 cm³/mol. The Kier molecular flexibility index (Phi) is 9.62. The van der Waals surface area contributed by atoms with Gasteiger partial charge in [-0.15, -0.1) is 0 Å². The lowest BCUT2D eigenvalue weighted by atomic mass is 10.1. The molecule has 3 N–H and O–H groups in total. The smallest absolute Gasteiger partial charge is 0.337 e. The summed E-state index contributed by atoms with van der Waals surface area (Å²) in [6.07, 6.45) is -0.196. The topological polar surface area (TPSA) is 170 Å². The van der Waals surface area contributed by atoms with Crippen molar-refractivity contribution >= 4 is 27.8 Å². The van der Waals surface area contributed by atoms with Crippen LogP contribution >= 0.6 is 0 Å². The van der Waals surface area contributed by atoms with Crippen LogP contribution in [-0.4, -0.2) is 69.3 Å². The highest BCUT2D eigenvalue weighted by Gasteiger charge is 2.36. The van der Waals surface area contributed by atoms with Crippen molar-refractivity contribution in [1.29, 1.82) is 0 Å². The first kappa shape index (κ1) is 30.3. The van der Waals surface area contributed by atoms with Gasteiger partial charge in [-0.05, 0) is 72.6 Å². The van der Waals surface area contributed by atoms with Crippen molar-refractivity contribution in [3.63, 3.8) is 0 Å². The van der Waals surface area contributed by atoms with Gasteiger partial charge in [0, 0.05) is 18.7 Å². The summed E-state index contributed by atoms with van der Waals surface area (Å²) in [5, 5.41) is 12.2. The Morgan fingerprint density at radius 3 is 2.26 bits per heavy atom. The van der Waals surface area contributed by atoms with Crippen molar-refractivity contribution in [3.05, 3.63) is 83.4 Å². The third-order valence-corrected chi connectivity index (χ3v) is 8.34. The molecule has 1 heterocycles. The van der Waals surface area contributed by atoms with Crippen molar-refractivity contribution in [2.45, 2.75) is 23.9 Å². The van der Waals surface area contributed by atoms with E-state index in [1.165, 1.54) is 62.8 Å². The van der Waals surface area contributed by atoms with E-state index in [0.717, 1.165) is 4.31 Å². The van der Waals surface area contributed by atoms with Gasteiger partial charge < -0.3 is 24.3 Å². The van der Waals surface area contributed by atoms with Gasteiger partial charge in [0.15, 0.2) is 11.5 Å². The minimum Gasteiger partial charge on any atom is -0.497 e. The van der Waals surface area contributed by atoms with Crippen LogP contribution in [0.15, 0.2) is 71.6 Å². The van der Waals surface area contributed by atoms with Crippen molar-refractivity contribution in [1.82, 2.24) is 15.1 Å². The van der Waals surface area contributed by atoms with E-state index in [-0.39, 0.29) is 42.3 Å². The van der Waals surface area contributed by atoms with E-state index in [1.54, 1.807) is 23.7 Å². The number of ether oxygens (including phenoxy) is 4. The first-order chi connectivity index (χ1) is 20.2. The number of hydrogen-bond donors (Lipinski definition) is 3. The largest absolute Gasteiger partial charge is 0.497 e. The molecule has 2 amide bonds. The Bertz CT molecular complexity index is 1540. The van der Waals surface area contributed by atoms with Crippen LogP contribution in [-0.2, 0) is 26.1 Å². The summed E-state index contributed by atoms with van der Waals surface area (Å²) < 4.78 is 49.3. The van der Waals surface area contributed by atoms with Crippen molar-refractivity contribution in [3.8, 4) is 17.2 Å². The Labute approximate surface area is 241 Å². The highest BCUT2D eigenvalue weighted by Crippen LogP contribution is 2.34. The van der Waals surface area contributed by atoms with E-state index < -0.39 is 33.8 Å². The molecule has 3 aromatic rings. The number of esters is 1. The molecule has 0 unspecified atom stereocenters. The number of carbonyl (C=O) groups excluding carboxylic acids is 3. The molecule has 1 atom stereocenters. The molecule has 222 valence electrons. The average molecular weight is 600 g/mol. The third-order valence-electron chi connectivity index (χ3n) is 6.47. The molecule has 0 saturated carbocycles. The molecule has 42 heavy (non-hydrogen) atoms. The summed E-state index contributed by atoms with van der Waals surface area (Å²) >= 11 is 0. The fourth-order valence-corrected chi connectivity index (χ4v) is 5.85. The number of hydroxylamine groups is 1. The summed E-state index contributed by atoms with van der Waals surface area (Å²) in [5.41, 5.74) is 2.52. The molecule has 0 aromatic heterocycles. The molecule has 4 rings (SSSR count). The van der Waals surface area contributed by atoms with E-state index >= 15 is 0 Å². The molecule has 0 spiro atoms. The van der Waals surface area contributed by atoms with Gasteiger partial charge in [0.05, 0.1) is 24.7 Å². The van der Waals surface area contributed by atoms with E-state index in [9.17, 15) is 28.0 Å². The normalized spacial score (nSPS) is 12.9. The lowest BCUT2D eigenvalue weighted by molar-refractivity contribution is -0.133. The fourth-order valence-electron chi connectivity index (χ4n) is 4.25. The number of methoxy groups -OCH3 is 2. The molecule has 3 aromatic carbocycles. The van der Waals surface area contributed by atoms with E-state index in [1.807, 2.05) is 0 Å². The second-order valence-corrected chi connectivity index (χ2v) is 10.9. The Morgan fingerprint density at radius 1 is 0.952 bits per heavy atom. The monoisotopic (exact) mass is 599 g/mol. The second kappa shape index (κ2) is 13.3. The first-order valence-corrected chi connectivity index (χ1v) is 14.1. The molecule has 13 nitrogen and oxygen atoms in total. The molecular weight excluding hydrogens is 570 g/mol. The van der Waals surface area contributed by atoms with Crippen LogP contribution in [0, 0.1) is 0 Å². The Hall–Kier alpha value is -4.66. The molecule has 0 aliphatic carbocycles. The number of hydrogen-bond acceptors (Lipinski definition) is 10. The van der Waals surface area contributed by atoms with Crippen molar-refractivity contribution in [2.75, 3.05) is 27.6 Å². The van der Waals surface area contributed by atoms with E-state index in [0.29, 0.717) is 22.8 Å². The van der Waals surface area contributed by atoms with Gasteiger partial charge in [-0.2, -0.15) is 4.31 Å². The summed E-state index contributed by atoms with van der Waals surface area (Å²) in [4.78, 5) is 37.1. The van der Waals surface area contributed by atoms with Crippen LogP contribution in [0.2, 0.25) is 0 Å². The number of carbonyl (C=O) groups is 3. The number of fused-ring (bicyclic) bond motifs is 1. The van der Waals surface area contributed by atoms with Crippen LogP contribution in [0.3, 0.4) is 0 Å². The van der Waals surface area contributed by atoms with Gasteiger partial charge in [0.2, 0.25) is 16.8 Å². The molecule has 1 aliphatic heterocycles. The zero-order valence-corrected chi connectivity index (χ0v) is 23.6. The average Bonchev–Trinajstić information content (AvgIpc) is 3.49. The summed E-state index contributed by atoms with van der Waals surface area (Å²) in [6.45, 7) is -0.384. The van der Waals surface area contributed by atoms with E-state index in [2.05, 4.69) is 10.1 Å². The highest BCUT2D eigenvalue weighted by atomic mass is 32.2. The highest BCUT2D eigenvalue weighted by molar-refractivity contribution is 7.89. The summed E-state index contributed by atoms with van der Waals surface area (Å²) in [5.74, 6) is -0.721. The molecular formula is C28H29N3O10S. The summed E-state index contributed by atoms with van der Waals surface area (Å²) in [7, 11) is -1.65. The number of rotatable bonds is 12. The molecule has 1 aliphatic rings. The predicted octanol–water partition coefficient (Wildman–Crippen LogP) is 2.10. The van der Waals surface area contributed by atoms with Gasteiger partial charge in [0.25, 0.3) is 11.8 Å². The summed E-state index contributed by atoms with van der Waals surface area (Å²) in [6, 6.07) is 14.8. The van der Waals surface area contributed by atoms with Crippen molar-refractivity contribution in [2.24, 2.45) is 0 Å². The van der Waals surface area contributed by atoms with Crippen LogP contribution in [0.4, 0.5) is 0 Å². The minimum absolute atomic E-state index is 0.0211. The number of nitrogens with zero attached hydrogens (tertiary/aromatic N) is 1. The number of nitrogens with one attached hydrogen (secondary N) is 2. The maximum Gasteiger partial charge on any atom is 0.337 e. The fraction of sp³-hybridized carbons (Fsp3) is 0.250. The van der Waals surface area contributed by atoms with Gasteiger partial charge in [-0.3, -0.25) is 14.8 Å². The maximum absolute atomic E-state index is 13.9. The van der Waals surface area contributed by atoms with Gasteiger partial charge in [-0.25, -0.2) is 18.7 Å². The second-order valence-electron chi connectivity index (χ2n) is 9.02. The molecule has 0 fully saturated rings. The Morgan fingerprint density at radius 2 is 1.62 bits per heavy atom. The molecule has 0 bridgehead atoms. The van der Waals surface area contributed by atoms with Crippen LogP contribution < -0.4 is 25.0 Å². The number of sulfonamides is 1. The lowest BCUT2D eigenvalue weighted by Crippen LogP contribution is -2.49. The van der Waals surface area contributed by atoms with Gasteiger partial charge >= 0.3 is 5.97 Å². The van der Waals surface area contributed by atoms with Gasteiger partial charge in [-0.1, -0.05) is 6.07 Å². The third kappa shape index (κ3) is 6.79. The van der Waals surface area contributed by atoms with Gasteiger partial charge in [0.1, 0.15) is 11.8 Å². The lowest BCUT2D eigenvalue weighted by Gasteiger charge is -2.30. The SMILES string of the molecule is COC(=O)c1ccc(C(=O)NCC[C@H](C(=O)NO)N(Cc2ccc3c(c2)OCO3)S(=O)(=O)c2ccc(OC)cc2)cc1. The Balaban J connectivity index is 1.59. The van der Waals surface area contributed by atoms with Crippen molar-refractivity contribution < 1.29 is 47.0 Å². The zero-order chi connectivity index (χ0) is 30.3. The van der Waals surface area contributed by atoms with E-state index in [4.69, 9.17) is 14.2 Å². The minimum atomic E-state index is -4.33. The van der Waals surface area contributed by atoms with Crippen LogP contribution in [0.25, 0.3) is 0 Å². The first-order valence-electron chi connectivity index (χ1n) is 12.6. The maximum atomic E-state index is 13.9. The van der Waals surface area contributed by atoms with Crippen LogP contribution in [0.1, 0.15) is 32.7 Å². The standard InChI is InChI=1S/C28H29N3O10S/c1-38-21-8-10-22(11-9-21)42(36,37)31(16-18-3-12-24-25(15-18)41-17-40-24)23(27(33)30-35)13-14-29-26(32)19-4-6-20(7-5-19)28(34)39-2/h3-12,15,23,35H,13-14,16-17H2,1-2H3,(H,29,32)(H,30,33)/t23-/m1/s1. The van der Waals surface area contributed by atoms with Crippen LogP contribution in [0.5, 0.6) is 17.2 Å². The zero-order valence-electron chi connectivity index (χ0n) is 22.7. The molecule has 14 heteroatoms. The molecule has 0 saturated heterocycles. The molecule has 0 radical (unpaired) electrons. The number of amides is 2.